The van der Waals surface area contributed by atoms with Gasteiger partial charge in [0.2, 0.25) is 0 Å². The highest BCUT2D eigenvalue weighted by molar-refractivity contribution is 6.19. The van der Waals surface area contributed by atoms with E-state index >= 15 is 0 Å². The Labute approximate surface area is 111 Å². The SMILES string of the molecule is O=C(O)/C=C(/C(=O)O)c1ccc2c(c1)CCCCC2. The van der Waals surface area contributed by atoms with Gasteiger partial charge < -0.3 is 10.2 Å². The average Bonchev–Trinajstić information content (AvgIpc) is 2.59. The van der Waals surface area contributed by atoms with Crippen LogP contribution in [-0.2, 0) is 22.4 Å². The highest BCUT2D eigenvalue weighted by Crippen LogP contribution is 2.25. The minimum Gasteiger partial charge on any atom is -0.478 e. The zero-order valence-electron chi connectivity index (χ0n) is 10.6. The van der Waals surface area contributed by atoms with E-state index in [0.717, 1.165) is 37.3 Å². The zero-order chi connectivity index (χ0) is 13.8. The van der Waals surface area contributed by atoms with Crippen molar-refractivity contribution in [1.29, 1.82) is 0 Å². The van der Waals surface area contributed by atoms with E-state index in [-0.39, 0.29) is 5.57 Å². The first-order valence-corrected chi connectivity index (χ1v) is 6.38. The quantitative estimate of drug-likeness (QED) is 0.647. The standard InChI is InChI=1S/C15H16O4/c16-14(17)9-13(15(18)19)12-7-6-10-4-2-1-3-5-11(10)8-12/h6-9H,1-5H2,(H,16,17)(H,18,19)/b13-9+. The van der Waals surface area contributed by atoms with Crippen molar-refractivity contribution in [3.8, 4) is 0 Å². The number of carbonyl (C=O) groups is 2. The molecule has 1 aliphatic rings. The summed E-state index contributed by atoms with van der Waals surface area (Å²) in [6, 6.07) is 5.45. The minimum absolute atomic E-state index is 0.167. The molecule has 1 aromatic rings. The number of aryl methyl sites for hydroxylation is 2. The van der Waals surface area contributed by atoms with Crippen LogP contribution in [0.3, 0.4) is 0 Å². The van der Waals surface area contributed by atoms with Gasteiger partial charge >= 0.3 is 11.9 Å². The summed E-state index contributed by atoms with van der Waals surface area (Å²) in [5.74, 6) is -2.46. The number of hydrogen-bond donors (Lipinski definition) is 2. The lowest BCUT2D eigenvalue weighted by molar-refractivity contribution is -0.133. The number of benzene rings is 1. The molecule has 0 aromatic heterocycles. The maximum absolute atomic E-state index is 11.1. The molecule has 100 valence electrons. The monoisotopic (exact) mass is 260 g/mol. The molecule has 0 fully saturated rings. The van der Waals surface area contributed by atoms with E-state index in [0.29, 0.717) is 5.56 Å². The van der Waals surface area contributed by atoms with Gasteiger partial charge in [-0.15, -0.1) is 0 Å². The first-order chi connectivity index (χ1) is 9.08. The molecule has 2 rings (SSSR count). The fourth-order valence-corrected chi connectivity index (χ4v) is 2.47. The molecule has 1 aliphatic carbocycles. The van der Waals surface area contributed by atoms with Crippen LogP contribution in [0.4, 0.5) is 0 Å². The first-order valence-electron chi connectivity index (χ1n) is 6.38. The summed E-state index contributed by atoms with van der Waals surface area (Å²) in [7, 11) is 0. The van der Waals surface area contributed by atoms with Gasteiger partial charge in [-0.1, -0.05) is 24.6 Å². The van der Waals surface area contributed by atoms with Gasteiger partial charge in [0.05, 0.1) is 5.57 Å². The van der Waals surface area contributed by atoms with Crippen molar-refractivity contribution in [2.24, 2.45) is 0 Å². The highest BCUT2D eigenvalue weighted by atomic mass is 16.4. The molecule has 19 heavy (non-hydrogen) atoms. The highest BCUT2D eigenvalue weighted by Gasteiger charge is 2.15. The summed E-state index contributed by atoms with van der Waals surface area (Å²) >= 11 is 0. The van der Waals surface area contributed by atoms with E-state index in [1.807, 2.05) is 12.1 Å². The van der Waals surface area contributed by atoms with E-state index in [9.17, 15) is 9.59 Å². The molecule has 0 heterocycles. The van der Waals surface area contributed by atoms with Gasteiger partial charge in [0, 0.05) is 6.08 Å². The molecule has 0 spiro atoms. The molecule has 0 saturated carbocycles. The Balaban J connectivity index is 2.42. The third-order valence-corrected chi connectivity index (χ3v) is 3.41. The Morgan fingerprint density at radius 2 is 1.68 bits per heavy atom. The molecule has 4 heteroatoms. The molecule has 4 nitrogen and oxygen atoms in total. The molecule has 1 aromatic carbocycles. The van der Waals surface area contributed by atoms with Crippen molar-refractivity contribution >= 4 is 17.5 Å². The number of carboxylic acids is 2. The Kier molecular flexibility index (Phi) is 4.00. The van der Waals surface area contributed by atoms with Crippen LogP contribution in [0.1, 0.15) is 36.0 Å². The third-order valence-electron chi connectivity index (χ3n) is 3.41. The second-order valence-corrected chi connectivity index (χ2v) is 4.75. The van der Waals surface area contributed by atoms with Gasteiger partial charge in [0.15, 0.2) is 0 Å². The fraction of sp³-hybridized carbons (Fsp3) is 0.333. The van der Waals surface area contributed by atoms with Crippen LogP contribution in [0.5, 0.6) is 0 Å². The maximum atomic E-state index is 11.1. The molecule has 0 unspecified atom stereocenters. The Morgan fingerprint density at radius 1 is 1.00 bits per heavy atom. The molecule has 0 atom stereocenters. The van der Waals surface area contributed by atoms with E-state index < -0.39 is 11.9 Å². The lowest BCUT2D eigenvalue weighted by Gasteiger charge is -2.09. The number of carboxylic acid groups (broad SMARTS) is 2. The smallest absolute Gasteiger partial charge is 0.336 e. The molecular weight excluding hydrogens is 244 g/mol. The van der Waals surface area contributed by atoms with E-state index in [1.165, 1.54) is 12.0 Å². The van der Waals surface area contributed by atoms with Crippen LogP contribution in [0.25, 0.3) is 5.57 Å². The number of hydrogen-bond acceptors (Lipinski definition) is 2. The number of aliphatic carboxylic acids is 2. The van der Waals surface area contributed by atoms with Gasteiger partial charge in [-0.3, -0.25) is 0 Å². The van der Waals surface area contributed by atoms with Crippen LogP contribution in [0.15, 0.2) is 24.3 Å². The fourth-order valence-electron chi connectivity index (χ4n) is 2.47. The molecule has 0 aliphatic heterocycles. The van der Waals surface area contributed by atoms with Crippen molar-refractivity contribution in [1.82, 2.24) is 0 Å². The maximum Gasteiger partial charge on any atom is 0.336 e. The van der Waals surface area contributed by atoms with E-state index in [1.54, 1.807) is 6.07 Å². The summed E-state index contributed by atoms with van der Waals surface area (Å²) in [5.41, 5.74) is 2.70. The van der Waals surface area contributed by atoms with E-state index in [2.05, 4.69) is 0 Å². The summed E-state index contributed by atoms with van der Waals surface area (Å²) < 4.78 is 0. The van der Waals surface area contributed by atoms with E-state index in [4.69, 9.17) is 10.2 Å². The van der Waals surface area contributed by atoms with Gasteiger partial charge in [-0.2, -0.15) is 0 Å². The zero-order valence-corrected chi connectivity index (χ0v) is 10.6. The minimum atomic E-state index is -1.24. The summed E-state index contributed by atoms with van der Waals surface area (Å²) in [4.78, 5) is 21.8. The molecule has 0 saturated heterocycles. The van der Waals surface area contributed by atoms with Crippen molar-refractivity contribution in [2.75, 3.05) is 0 Å². The Bertz CT molecular complexity index is 543. The van der Waals surface area contributed by atoms with Crippen LogP contribution >= 0.6 is 0 Å². The van der Waals surface area contributed by atoms with Crippen molar-refractivity contribution < 1.29 is 19.8 Å². The van der Waals surface area contributed by atoms with Crippen molar-refractivity contribution in [3.63, 3.8) is 0 Å². The number of rotatable bonds is 3. The number of fused-ring (bicyclic) bond motifs is 1. The predicted octanol–water partition coefficient (Wildman–Crippen LogP) is 2.51. The Hall–Kier alpha value is -2.10. The molecule has 0 amide bonds. The topological polar surface area (TPSA) is 74.6 Å². The normalized spacial score (nSPS) is 15.5. The lowest BCUT2D eigenvalue weighted by Crippen LogP contribution is -2.04. The van der Waals surface area contributed by atoms with Gasteiger partial charge in [-0.05, 0) is 42.4 Å². The lowest BCUT2D eigenvalue weighted by atomic mass is 9.96. The van der Waals surface area contributed by atoms with Gasteiger partial charge in [0.25, 0.3) is 0 Å². The second-order valence-electron chi connectivity index (χ2n) is 4.75. The van der Waals surface area contributed by atoms with Gasteiger partial charge in [-0.25, -0.2) is 9.59 Å². The Morgan fingerprint density at radius 3 is 2.32 bits per heavy atom. The van der Waals surface area contributed by atoms with Crippen molar-refractivity contribution in [2.45, 2.75) is 32.1 Å². The molecular formula is C15H16O4. The van der Waals surface area contributed by atoms with Crippen LogP contribution in [0, 0.1) is 0 Å². The third kappa shape index (κ3) is 3.22. The predicted molar refractivity (Wildman–Crippen MR) is 70.9 cm³/mol. The largest absolute Gasteiger partial charge is 0.478 e. The van der Waals surface area contributed by atoms with Gasteiger partial charge in [0.1, 0.15) is 0 Å². The molecule has 2 N–H and O–H groups in total. The first kappa shape index (κ1) is 13.3. The summed E-state index contributed by atoms with van der Waals surface area (Å²) in [6.07, 6.45) is 6.13. The van der Waals surface area contributed by atoms with Crippen LogP contribution in [-0.4, -0.2) is 22.2 Å². The second kappa shape index (κ2) is 5.69. The molecule has 0 radical (unpaired) electrons. The molecule has 0 bridgehead atoms. The van der Waals surface area contributed by atoms with Crippen LogP contribution < -0.4 is 0 Å². The summed E-state index contributed by atoms with van der Waals surface area (Å²) in [6.45, 7) is 0. The average molecular weight is 260 g/mol. The summed E-state index contributed by atoms with van der Waals surface area (Å²) in [5, 5.41) is 17.8. The van der Waals surface area contributed by atoms with Crippen LogP contribution in [0.2, 0.25) is 0 Å². The van der Waals surface area contributed by atoms with Crippen molar-refractivity contribution in [3.05, 3.63) is 41.0 Å².